The molecule has 90 valence electrons. The van der Waals surface area contributed by atoms with E-state index in [4.69, 9.17) is 5.73 Å². The largest absolute Gasteiger partial charge is 0.362 e. The molecule has 0 fully saturated rings. The molecule has 0 unspecified atom stereocenters. The van der Waals surface area contributed by atoms with E-state index >= 15 is 0 Å². The van der Waals surface area contributed by atoms with Crippen molar-refractivity contribution in [2.75, 3.05) is 11.9 Å². The SMILES string of the molecule is CC(C)(CN)Nc1ccc(C(C)(C)C)nn1. The number of nitrogens with two attached hydrogens (primary N) is 1. The van der Waals surface area contributed by atoms with Crippen LogP contribution in [0, 0.1) is 0 Å². The van der Waals surface area contributed by atoms with Gasteiger partial charge >= 0.3 is 0 Å². The Morgan fingerprint density at radius 2 is 1.75 bits per heavy atom. The molecule has 0 bridgehead atoms. The van der Waals surface area contributed by atoms with Crippen LogP contribution in [-0.4, -0.2) is 22.3 Å². The summed E-state index contributed by atoms with van der Waals surface area (Å²) >= 11 is 0. The van der Waals surface area contributed by atoms with Crippen LogP contribution in [0.5, 0.6) is 0 Å². The van der Waals surface area contributed by atoms with Gasteiger partial charge in [0.05, 0.1) is 5.69 Å². The van der Waals surface area contributed by atoms with Gasteiger partial charge in [-0.2, -0.15) is 5.10 Å². The van der Waals surface area contributed by atoms with E-state index in [2.05, 4.69) is 36.3 Å². The third-order valence-electron chi connectivity index (χ3n) is 2.41. The van der Waals surface area contributed by atoms with Crippen molar-refractivity contribution in [3.8, 4) is 0 Å². The van der Waals surface area contributed by atoms with E-state index in [0.29, 0.717) is 6.54 Å². The van der Waals surface area contributed by atoms with Crippen molar-refractivity contribution in [3.63, 3.8) is 0 Å². The Morgan fingerprint density at radius 1 is 1.12 bits per heavy atom. The van der Waals surface area contributed by atoms with Gasteiger partial charge in [-0.1, -0.05) is 20.8 Å². The molecule has 0 atom stereocenters. The Bertz CT molecular complexity index is 335. The number of hydrogen-bond acceptors (Lipinski definition) is 4. The van der Waals surface area contributed by atoms with Gasteiger partial charge in [0.15, 0.2) is 0 Å². The van der Waals surface area contributed by atoms with Gasteiger partial charge < -0.3 is 11.1 Å². The Morgan fingerprint density at radius 3 is 2.12 bits per heavy atom. The Hall–Kier alpha value is -1.16. The zero-order chi connectivity index (χ0) is 12.4. The summed E-state index contributed by atoms with van der Waals surface area (Å²) in [5.41, 5.74) is 6.51. The predicted octanol–water partition coefficient (Wildman–Crippen LogP) is 1.92. The van der Waals surface area contributed by atoms with Crippen LogP contribution in [0.4, 0.5) is 5.82 Å². The summed E-state index contributed by atoms with van der Waals surface area (Å²) in [5.74, 6) is 0.767. The topological polar surface area (TPSA) is 63.8 Å². The monoisotopic (exact) mass is 222 g/mol. The fourth-order valence-electron chi connectivity index (χ4n) is 1.20. The number of anilines is 1. The second-order valence-electron chi connectivity index (χ2n) is 5.77. The number of rotatable bonds is 3. The molecule has 3 N–H and O–H groups in total. The van der Waals surface area contributed by atoms with Crippen molar-refractivity contribution in [2.24, 2.45) is 5.73 Å². The highest BCUT2D eigenvalue weighted by Crippen LogP contribution is 2.20. The standard InChI is InChI=1S/C12H22N4/c1-11(2,3)9-6-7-10(16-15-9)14-12(4,5)8-13/h6-7H,8,13H2,1-5H3,(H,14,16). The second kappa shape index (κ2) is 4.37. The molecule has 0 radical (unpaired) electrons. The molecule has 0 amide bonds. The highest BCUT2D eigenvalue weighted by molar-refractivity contribution is 5.36. The Labute approximate surface area is 97.6 Å². The van der Waals surface area contributed by atoms with Crippen molar-refractivity contribution < 1.29 is 0 Å². The van der Waals surface area contributed by atoms with Gasteiger partial charge in [-0.3, -0.25) is 0 Å². The molecule has 0 saturated carbocycles. The molecule has 0 aliphatic rings. The number of hydrogen-bond donors (Lipinski definition) is 2. The van der Waals surface area contributed by atoms with Crippen LogP contribution in [0.3, 0.4) is 0 Å². The second-order valence-corrected chi connectivity index (χ2v) is 5.77. The van der Waals surface area contributed by atoms with Gasteiger partial charge in [0.25, 0.3) is 0 Å². The van der Waals surface area contributed by atoms with Crippen LogP contribution in [0.15, 0.2) is 12.1 Å². The molecule has 0 saturated heterocycles. The maximum Gasteiger partial charge on any atom is 0.149 e. The first-order valence-electron chi connectivity index (χ1n) is 5.57. The van der Waals surface area contributed by atoms with Gasteiger partial charge in [0, 0.05) is 17.5 Å². The molecule has 0 aliphatic heterocycles. The van der Waals surface area contributed by atoms with E-state index in [1.165, 1.54) is 0 Å². The molecule has 1 aromatic rings. The molecule has 1 aromatic heterocycles. The van der Waals surface area contributed by atoms with Gasteiger partial charge in [-0.05, 0) is 26.0 Å². The summed E-state index contributed by atoms with van der Waals surface area (Å²) in [4.78, 5) is 0. The molecule has 0 spiro atoms. The third kappa shape index (κ3) is 3.45. The number of aromatic nitrogens is 2. The average molecular weight is 222 g/mol. The molecule has 1 heterocycles. The first-order valence-corrected chi connectivity index (χ1v) is 5.57. The molecule has 1 rings (SSSR count). The molecular weight excluding hydrogens is 200 g/mol. The van der Waals surface area contributed by atoms with Crippen molar-refractivity contribution >= 4 is 5.82 Å². The molecular formula is C12H22N4. The van der Waals surface area contributed by atoms with Gasteiger partial charge in [0.2, 0.25) is 0 Å². The third-order valence-corrected chi connectivity index (χ3v) is 2.41. The molecule has 16 heavy (non-hydrogen) atoms. The highest BCUT2D eigenvalue weighted by Gasteiger charge is 2.18. The lowest BCUT2D eigenvalue weighted by atomic mass is 9.92. The van der Waals surface area contributed by atoms with E-state index in [9.17, 15) is 0 Å². The van der Waals surface area contributed by atoms with Gasteiger partial charge in [-0.15, -0.1) is 5.10 Å². The molecule has 0 aliphatic carbocycles. The fourth-order valence-corrected chi connectivity index (χ4v) is 1.20. The van der Waals surface area contributed by atoms with Crippen LogP contribution >= 0.6 is 0 Å². The zero-order valence-corrected chi connectivity index (χ0v) is 10.8. The summed E-state index contributed by atoms with van der Waals surface area (Å²) in [7, 11) is 0. The molecule has 0 aromatic carbocycles. The van der Waals surface area contributed by atoms with Crippen LogP contribution in [0.25, 0.3) is 0 Å². The summed E-state index contributed by atoms with van der Waals surface area (Å²) in [6, 6.07) is 3.95. The van der Waals surface area contributed by atoms with Crippen molar-refractivity contribution in [2.45, 2.75) is 45.6 Å². The number of nitrogens with zero attached hydrogens (tertiary/aromatic N) is 2. The molecule has 4 nitrogen and oxygen atoms in total. The van der Waals surface area contributed by atoms with Gasteiger partial charge in [0.1, 0.15) is 5.82 Å². The minimum atomic E-state index is -0.155. The minimum Gasteiger partial charge on any atom is -0.362 e. The van der Waals surface area contributed by atoms with E-state index in [1.807, 2.05) is 26.0 Å². The van der Waals surface area contributed by atoms with E-state index in [-0.39, 0.29) is 11.0 Å². The molecule has 4 heteroatoms. The predicted molar refractivity (Wildman–Crippen MR) is 67.5 cm³/mol. The summed E-state index contributed by atoms with van der Waals surface area (Å²) in [5, 5.41) is 11.6. The lowest BCUT2D eigenvalue weighted by Gasteiger charge is -2.25. The minimum absolute atomic E-state index is 0.0366. The van der Waals surface area contributed by atoms with Crippen LogP contribution in [-0.2, 0) is 5.41 Å². The Kier molecular flexibility index (Phi) is 3.53. The van der Waals surface area contributed by atoms with Crippen molar-refractivity contribution in [3.05, 3.63) is 17.8 Å². The quantitative estimate of drug-likeness (QED) is 0.820. The summed E-state index contributed by atoms with van der Waals surface area (Å²) in [6.07, 6.45) is 0. The number of nitrogens with one attached hydrogen (secondary N) is 1. The highest BCUT2D eigenvalue weighted by atomic mass is 15.2. The zero-order valence-electron chi connectivity index (χ0n) is 10.8. The maximum atomic E-state index is 5.64. The van der Waals surface area contributed by atoms with Crippen molar-refractivity contribution in [1.82, 2.24) is 10.2 Å². The van der Waals surface area contributed by atoms with Crippen LogP contribution in [0.1, 0.15) is 40.3 Å². The van der Waals surface area contributed by atoms with E-state index in [0.717, 1.165) is 11.5 Å². The van der Waals surface area contributed by atoms with Crippen LogP contribution < -0.4 is 11.1 Å². The van der Waals surface area contributed by atoms with Gasteiger partial charge in [-0.25, -0.2) is 0 Å². The van der Waals surface area contributed by atoms with Crippen molar-refractivity contribution in [1.29, 1.82) is 0 Å². The lowest BCUT2D eigenvalue weighted by molar-refractivity contribution is 0.553. The van der Waals surface area contributed by atoms with Crippen LogP contribution in [0.2, 0.25) is 0 Å². The fraction of sp³-hybridized carbons (Fsp3) is 0.667. The summed E-state index contributed by atoms with van der Waals surface area (Å²) in [6.45, 7) is 11.0. The Balaban J connectivity index is 2.80. The first kappa shape index (κ1) is 12.9. The normalized spacial score (nSPS) is 12.6. The maximum absolute atomic E-state index is 5.64. The average Bonchev–Trinajstić information content (AvgIpc) is 2.16. The van der Waals surface area contributed by atoms with E-state index < -0.39 is 0 Å². The summed E-state index contributed by atoms with van der Waals surface area (Å²) < 4.78 is 0. The van der Waals surface area contributed by atoms with E-state index in [1.54, 1.807) is 0 Å². The lowest BCUT2D eigenvalue weighted by Crippen LogP contribution is -2.39. The first-order chi connectivity index (χ1) is 7.24. The smallest absolute Gasteiger partial charge is 0.149 e.